The molecule has 2 saturated carbocycles. The van der Waals surface area contributed by atoms with Gasteiger partial charge < -0.3 is 0 Å². The van der Waals surface area contributed by atoms with Gasteiger partial charge in [-0.2, -0.15) is 0 Å². The molecule has 0 heterocycles. The van der Waals surface area contributed by atoms with E-state index >= 15 is 0 Å². The van der Waals surface area contributed by atoms with Crippen LogP contribution in [0.2, 0.25) is 0 Å². The van der Waals surface area contributed by atoms with Crippen LogP contribution >= 0.6 is 0 Å². The molecular weight excluding hydrogens is 148 g/mol. The number of allylic oxidation sites excluding steroid dienone is 1. The van der Waals surface area contributed by atoms with Crippen LogP contribution in [-0.2, 0) is 4.79 Å². The first-order valence-corrected chi connectivity index (χ1v) is 4.72. The summed E-state index contributed by atoms with van der Waals surface area (Å²) in [5.74, 6) is 1.35. The van der Waals surface area contributed by atoms with Crippen LogP contribution in [0.5, 0.6) is 0 Å². The summed E-state index contributed by atoms with van der Waals surface area (Å²) in [6, 6.07) is 0. The smallest absolute Gasteiger partial charge is 0.136 e. The SMILES string of the molecule is C=C1CC2C(C)C(=O)CC2(C)C1. The van der Waals surface area contributed by atoms with Crippen molar-refractivity contribution in [1.82, 2.24) is 0 Å². The van der Waals surface area contributed by atoms with Gasteiger partial charge in [0.2, 0.25) is 0 Å². The molecule has 1 nitrogen and oxygen atoms in total. The predicted octanol–water partition coefficient (Wildman–Crippen LogP) is 2.57. The fourth-order valence-corrected chi connectivity index (χ4v) is 3.09. The molecule has 3 atom stereocenters. The van der Waals surface area contributed by atoms with E-state index in [2.05, 4.69) is 20.4 Å². The Morgan fingerprint density at radius 3 is 2.75 bits per heavy atom. The van der Waals surface area contributed by atoms with Gasteiger partial charge in [-0.05, 0) is 24.2 Å². The largest absolute Gasteiger partial charge is 0.299 e. The average Bonchev–Trinajstić information content (AvgIpc) is 2.31. The third-order valence-electron chi connectivity index (χ3n) is 3.75. The van der Waals surface area contributed by atoms with E-state index in [0.717, 1.165) is 19.3 Å². The first-order valence-electron chi connectivity index (χ1n) is 4.72. The molecule has 1 heteroatoms. The Morgan fingerprint density at radius 1 is 1.50 bits per heavy atom. The van der Waals surface area contributed by atoms with E-state index in [-0.39, 0.29) is 11.3 Å². The highest BCUT2D eigenvalue weighted by atomic mass is 16.1. The molecule has 0 aromatic rings. The highest BCUT2D eigenvalue weighted by Gasteiger charge is 2.51. The van der Waals surface area contributed by atoms with Crippen LogP contribution in [0.15, 0.2) is 12.2 Å². The molecule has 0 spiro atoms. The van der Waals surface area contributed by atoms with Crippen molar-refractivity contribution in [2.45, 2.75) is 33.1 Å². The van der Waals surface area contributed by atoms with Gasteiger partial charge in [0, 0.05) is 12.3 Å². The molecule has 0 amide bonds. The highest BCUT2D eigenvalue weighted by molar-refractivity contribution is 5.84. The standard InChI is InChI=1S/C11H16O/c1-7-4-9-8(2)10(12)6-11(9,3)5-7/h8-9H,1,4-6H2,2-3H3. The van der Waals surface area contributed by atoms with Crippen molar-refractivity contribution in [2.75, 3.05) is 0 Å². The van der Waals surface area contributed by atoms with Gasteiger partial charge in [-0.1, -0.05) is 26.0 Å². The van der Waals surface area contributed by atoms with Crippen LogP contribution in [0.1, 0.15) is 33.1 Å². The Labute approximate surface area is 73.8 Å². The molecule has 66 valence electrons. The van der Waals surface area contributed by atoms with Crippen molar-refractivity contribution in [3.05, 3.63) is 12.2 Å². The Bertz CT molecular complexity index is 254. The minimum Gasteiger partial charge on any atom is -0.299 e. The molecule has 0 bridgehead atoms. The Morgan fingerprint density at radius 2 is 2.17 bits per heavy atom. The number of carbonyl (C=O) groups excluding carboxylic acids is 1. The summed E-state index contributed by atoms with van der Waals surface area (Å²) < 4.78 is 0. The fraction of sp³-hybridized carbons (Fsp3) is 0.727. The number of hydrogen-bond acceptors (Lipinski definition) is 1. The zero-order chi connectivity index (χ0) is 8.93. The Balaban J connectivity index is 2.31. The number of Topliss-reactive ketones (excluding diaryl/α,β-unsaturated/α-hetero) is 1. The maximum atomic E-state index is 11.5. The molecule has 0 saturated heterocycles. The third-order valence-corrected chi connectivity index (χ3v) is 3.75. The average molecular weight is 164 g/mol. The lowest BCUT2D eigenvalue weighted by molar-refractivity contribution is -0.121. The van der Waals surface area contributed by atoms with Crippen molar-refractivity contribution in [1.29, 1.82) is 0 Å². The minimum absolute atomic E-state index is 0.271. The minimum atomic E-state index is 0.271. The van der Waals surface area contributed by atoms with Crippen molar-refractivity contribution in [3.63, 3.8) is 0 Å². The first-order chi connectivity index (χ1) is 5.53. The number of carbonyl (C=O) groups is 1. The molecule has 2 aliphatic rings. The summed E-state index contributed by atoms with van der Waals surface area (Å²) >= 11 is 0. The number of hydrogen-bond donors (Lipinski definition) is 0. The summed E-state index contributed by atoms with van der Waals surface area (Å²) in [5, 5.41) is 0. The number of fused-ring (bicyclic) bond motifs is 1. The fourth-order valence-electron chi connectivity index (χ4n) is 3.09. The van der Waals surface area contributed by atoms with Crippen LogP contribution in [0.25, 0.3) is 0 Å². The maximum Gasteiger partial charge on any atom is 0.136 e. The lowest BCUT2D eigenvalue weighted by Gasteiger charge is -2.23. The quantitative estimate of drug-likeness (QED) is 0.503. The first kappa shape index (κ1) is 8.03. The second kappa shape index (κ2) is 2.21. The normalized spacial score (nSPS) is 46.8. The lowest BCUT2D eigenvalue weighted by atomic mass is 9.80. The van der Waals surface area contributed by atoms with Gasteiger partial charge in [0.15, 0.2) is 0 Å². The second-order valence-corrected chi connectivity index (χ2v) is 4.82. The van der Waals surface area contributed by atoms with Gasteiger partial charge in [0.25, 0.3) is 0 Å². The Kier molecular flexibility index (Phi) is 1.48. The van der Waals surface area contributed by atoms with Crippen LogP contribution in [0.4, 0.5) is 0 Å². The maximum absolute atomic E-state index is 11.5. The molecule has 2 aliphatic carbocycles. The summed E-state index contributed by atoms with van der Waals surface area (Å²) in [5.41, 5.74) is 1.62. The van der Waals surface area contributed by atoms with E-state index < -0.39 is 0 Å². The van der Waals surface area contributed by atoms with Gasteiger partial charge in [0.05, 0.1) is 0 Å². The van der Waals surface area contributed by atoms with E-state index in [9.17, 15) is 4.79 Å². The molecule has 2 fully saturated rings. The van der Waals surface area contributed by atoms with E-state index in [4.69, 9.17) is 0 Å². The number of ketones is 1. The Hall–Kier alpha value is -0.590. The summed E-state index contributed by atoms with van der Waals surface area (Å²) in [6.07, 6.45) is 2.95. The van der Waals surface area contributed by atoms with Gasteiger partial charge in [-0.3, -0.25) is 4.79 Å². The van der Waals surface area contributed by atoms with Gasteiger partial charge in [-0.15, -0.1) is 0 Å². The molecule has 12 heavy (non-hydrogen) atoms. The summed E-state index contributed by atoms with van der Waals surface area (Å²) in [4.78, 5) is 11.5. The molecule has 0 aliphatic heterocycles. The zero-order valence-corrected chi connectivity index (χ0v) is 7.89. The molecule has 2 rings (SSSR count). The van der Waals surface area contributed by atoms with Crippen LogP contribution in [-0.4, -0.2) is 5.78 Å². The molecule has 3 unspecified atom stereocenters. The third kappa shape index (κ3) is 0.886. The number of rotatable bonds is 0. The van der Waals surface area contributed by atoms with Gasteiger partial charge in [0.1, 0.15) is 5.78 Å². The summed E-state index contributed by atoms with van der Waals surface area (Å²) in [7, 11) is 0. The predicted molar refractivity (Wildman–Crippen MR) is 48.8 cm³/mol. The van der Waals surface area contributed by atoms with E-state index in [0.29, 0.717) is 11.7 Å². The van der Waals surface area contributed by atoms with Gasteiger partial charge >= 0.3 is 0 Å². The van der Waals surface area contributed by atoms with Crippen molar-refractivity contribution in [2.24, 2.45) is 17.3 Å². The molecule has 0 radical (unpaired) electrons. The van der Waals surface area contributed by atoms with Crippen molar-refractivity contribution < 1.29 is 4.79 Å². The zero-order valence-electron chi connectivity index (χ0n) is 7.89. The lowest BCUT2D eigenvalue weighted by Crippen LogP contribution is -2.17. The van der Waals surface area contributed by atoms with E-state index in [1.807, 2.05) is 0 Å². The van der Waals surface area contributed by atoms with E-state index in [1.165, 1.54) is 5.57 Å². The van der Waals surface area contributed by atoms with Crippen molar-refractivity contribution in [3.8, 4) is 0 Å². The monoisotopic (exact) mass is 164 g/mol. The van der Waals surface area contributed by atoms with Crippen LogP contribution in [0, 0.1) is 17.3 Å². The second-order valence-electron chi connectivity index (χ2n) is 4.82. The molecule has 0 aromatic heterocycles. The van der Waals surface area contributed by atoms with Crippen LogP contribution in [0.3, 0.4) is 0 Å². The van der Waals surface area contributed by atoms with Crippen molar-refractivity contribution >= 4 is 5.78 Å². The highest BCUT2D eigenvalue weighted by Crippen LogP contribution is 2.56. The topological polar surface area (TPSA) is 17.1 Å². The van der Waals surface area contributed by atoms with Gasteiger partial charge in [-0.25, -0.2) is 0 Å². The van der Waals surface area contributed by atoms with Crippen LogP contribution < -0.4 is 0 Å². The summed E-state index contributed by atoms with van der Waals surface area (Å²) in [6.45, 7) is 8.36. The molecule has 0 aromatic carbocycles. The van der Waals surface area contributed by atoms with E-state index in [1.54, 1.807) is 0 Å². The molecule has 0 N–H and O–H groups in total. The molecular formula is C11H16O.